The molecule has 4 nitrogen and oxygen atoms in total. The lowest BCUT2D eigenvalue weighted by molar-refractivity contribution is -0.116. The normalized spacial score (nSPS) is 33.0. The molecule has 3 rings (SSSR count). The van der Waals surface area contributed by atoms with Gasteiger partial charge < -0.3 is 16.0 Å². The molecule has 0 bridgehead atoms. The average Bonchev–Trinajstić information content (AvgIpc) is 2.69. The van der Waals surface area contributed by atoms with Crippen molar-refractivity contribution in [1.82, 2.24) is 0 Å². The van der Waals surface area contributed by atoms with Crippen LogP contribution in [0, 0.1) is 11.8 Å². The number of benzene rings is 1. The zero-order valence-electron chi connectivity index (χ0n) is 12.4. The first kappa shape index (κ1) is 13.4. The molecule has 0 spiro atoms. The topological polar surface area (TPSA) is 58.4 Å². The number of carbonyl (C=O) groups excluding carboxylic acids is 1. The Morgan fingerprint density at radius 3 is 2.80 bits per heavy atom. The number of anilines is 2. The number of amides is 1. The maximum atomic E-state index is 11.6. The molecule has 2 aliphatic rings. The monoisotopic (exact) mass is 273 g/mol. The van der Waals surface area contributed by atoms with Crippen LogP contribution in [0.1, 0.15) is 38.8 Å². The maximum Gasteiger partial charge on any atom is 0.245 e. The van der Waals surface area contributed by atoms with Crippen LogP contribution in [0.4, 0.5) is 11.4 Å². The molecule has 20 heavy (non-hydrogen) atoms. The van der Waals surface area contributed by atoms with Gasteiger partial charge in [-0.1, -0.05) is 19.9 Å². The van der Waals surface area contributed by atoms with E-state index in [1.54, 1.807) is 0 Å². The van der Waals surface area contributed by atoms with Gasteiger partial charge in [0.25, 0.3) is 0 Å². The first-order valence-electron chi connectivity index (χ1n) is 7.44. The second-order valence-electron chi connectivity index (χ2n) is 6.45. The molecule has 4 unspecified atom stereocenters. The second-order valence-corrected chi connectivity index (χ2v) is 6.45. The number of nitrogens with one attached hydrogen (secondary N) is 1. The van der Waals surface area contributed by atoms with Gasteiger partial charge in [0.2, 0.25) is 5.91 Å². The van der Waals surface area contributed by atoms with E-state index >= 15 is 0 Å². The number of hydrogen-bond donors (Lipinski definition) is 2. The molecule has 108 valence electrons. The van der Waals surface area contributed by atoms with E-state index in [-0.39, 0.29) is 5.91 Å². The van der Waals surface area contributed by atoms with Crippen molar-refractivity contribution in [2.24, 2.45) is 17.6 Å². The van der Waals surface area contributed by atoms with Gasteiger partial charge in [-0.15, -0.1) is 0 Å². The fraction of sp³-hybridized carbons (Fsp3) is 0.562. The highest BCUT2D eigenvalue weighted by atomic mass is 16.2. The molecular weight excluding hydrogens is 250 g/mol. The van der Waals surface area contributed by atoms with Crippen molar-refractivity contribution in [1.29, 1.82) is 0 Å². The lowest BCUT2D eigenvalue weighted by Crippen LogP contribution is -2.45. The Kier molecular flexibility index (Phi) is 3.21. The maximum absolute atomic E-state index is 11.6. The molecule has 1 saturated heterocycles. The summed E-state index contributed by atoms with van der Waals surface area (Å²) in [6, 6.07) is 6.16. The van der Waals surface area contributed by atoms with Crippen molar-refractivity contribution in [3.8, 4) is 0 Å². The van der Waals surface area contributed by atoms with Crippen LogP contribution in [-0.4, -0.2) is 18.5 Å². The summed E-state index contributed by atoms with van der Waals surface area (Å²) in [5, 5.41) is 2.87. The summed E-state index contributed by atoms with van der Waals surface area (Å²) in [6.07, 6.45) is 1.28. The molecule has 1 aromatic carbocycles. The lowest BCUT2D eigenvalue weighted by Gasteiger charge is -2.42. The smallest absolute Gasteiger partial charge is 0.245 e. The molecular formula is C16H23N3O. The number of hydrogen-bond acceptors (Lipinski definition) is 3. The zero-order valence-corrected chi connectivity index (χ0v) is 12.4. The molecule has 2 heterocycles. The minimum atomic E-state index is -0.518. The Labute approximate surface area is 120 Å². The van der Waals surface area contributed by atoms with Gasteiger partial charge in [0.1, 0.15) is 6.04 Å². The number of nitrogens with zero attached hydrogens (tertiary/aromatic N) is 1. The summed E-state index contributed by atoms with van der Waals surface area (Å²) in [4.78, 5) is 14.1. The van der Waals surface area contributed by atoms with Crippen LogP contribution < -0.4 is 16.0 Å². The number of piperidine rings is 1. The minimum absolute atomic E-state index is 0.106. The van der Waals surface area contributed by atoms with Gasteiger partial charge in [-0.05, 0) is 37.3 Å². The predicted molar refractivity (Wildman–Crippen MR) is 81.8 cm³/mol. The molecule has 0 aliphatic carbocycles. The average molecular weight is 273 g/mol. The van der Waals surface area contributed by atoms with Gasteiger partial charge in [-0.3, -0.25) is 4.79 Å². The summed E-state index contributed by atoms with van der Waals surface area (Å²) in [5.41, 5.74) is 8.83. The van der Waals surface area contributed by atoms with Crippen LogP contribution in [0.3, 0.4) is 0 Å². The summed E-state index contributed by atoms with van der Waals surface area (Å²) < 4.78 is 0. The van der Waals surface area contributed by atoms with E-state index in [4.69, 9.17) is 5.73 Å². The SMILES string of the molecule is CC1CC(C)C(C)N(c2ccc3c(c2)NC(=O)C3N)C1. The highest BCUT2D eigenvalue weighted by molar-refractivity contribution is 6.02. The molecule has 4 heteroatoms. The number of fused-ring (bicyclic) bond motifs is 1. The highest BCUT2D eigenvalue weighted by Crippen LogP contribution is 2.36. The first-order valence-corrected chi connectivity index (χ1v) is 7.44. The van der Waals surface area contributed by atoms with E-state index < -0.39 is 6.04 Å². The van der Waals surface area contributed by atoms with Gasteiger partial charge in [-0.2, -0.15) is 0 Å². The quantitative estimate of drug-likeness (QED) is 0.826. The minimum Gasteiger partial charge on any atom is -0.368 e. The zero-order chi connectivity index (χ0) is 14.4. The van der Waals surface area contributed by atoms with Crippen molar-refractivity contribution >= 4 is 17.3 Å². The predicted octanol–water partition coefficient (Wildman–Crippen LogP) is 2.51. The van der Waals surface area contributed by atoms with Gasteiger partial charge in [0.15, 0.2) is 0 Å². The van der Waals surface area contributed by atoms with Crippen LogP contribution in [-0.2, 0) is 4.79 Å². The lowest BCUT2D eigenvalue weighted by atomic mass is 9.85. The Morgan fingerprint density at radius 2 is 2.05 bits per heavy atom. The van der Waals surface area contributed by atoms with E-state index in [2.05, 4.69) is 43.1 Å². The van der Waals surface area contributed by atoms with E-state index in [1.807, 2.05) is 6.07 Å². The second kappa shape index (κ2) is 4.77. The van der Waals surface area contributed by atoms with Gasteiger partial charge in [-0.25, -0.2) is 0 Å². The van der Waals surface area contributed by atoms with Crippen LogP contribution in [0.2, 0.25) is 0 Å². The Morgan fingerprint density at radius 1 is 1.30 bits per heavy atom. The Hall–Kier alpha value is -1.55. The summed E-state index contributed by atoms with van der Waals surface area (Å²) in [5.74, 6) is 1.28. The number of nitrogens with two attached hydrogens (primary N) is 1. The van der Waals surface area contributed by atoms with Crippen molar-refractivity contribution in [2.45, 2.75) is 39.3 Å². The van der Waals surface area contributed by atoms with E-state index in [1.165, 1.54) is 12.1 Å². The van der Waals surface area contributed by atoms with E-state index in [9.17, 15) is 4.79 Å². The standard InChI is InChI=1S/C16H23N3O/c1-9-6-10(2)11(3)19(8-9)12-4-5-13-14(7-12)18-16(20)15(13)17/h4-5,7,9-11,15H,6,8,17H2,1-3H3,(H,18,20). The van der Waals surface area contributed by atoms with E-state index in [0.29, 0.717) is 17.9 Å². The van der Waals surface area contributed by atoms with Gasteiger partial charge in [0, 0.05) is 29.5 Å². The molecule has 1 aromatic rings. The third-order valence-corrected chi connectivity index (χ3v) is 4.84. The van der Waals surface area contributed by atoms with Gasteiger partial charge in [0.05, 0.1) is 0 Å². The molecule has 3 N–H and O–H groups in total. The molecule has 1 fully saturated rings. The Balaban J connectivity index is 1.92. The highest BCUT2D eigenvalue weighted by Gasteiger charge is 2.31. The van der Waals surface area contributed by atoms with Crippen LogP contribution in [0.15, 0.2) is 18.2 Å². The van der Waals surface area contributed by atoms with Crippen molar-refractivity contribution in [3.05, 3.63) is 23.8 Å². The fourth-order valence-corrected chi connectivity index (χ4v) is 3.51. The Bertz CT molecular complexity index is 543. The third kappa shape index (κ3) is 2.08. The molecule has 4 atom stereocenters. The van der Waals surface area contributed by atoms with Crippen LogP contribution in [0.5, 0.6) is 0 Å². The molecule has 0 aromatic heterocycles. The first-order chi connectivity index (χ1) is 9.47. The van der Waals surface area contributed by atoms with Crippen molar-refractivity contribution in [3.63, 3.8) is 0 Å². The van der Waals surface area contributed by atoms with E-state index in [0.717, 1.165) is 17.8 Å². The molecule has 0 radical (unpaired) electrons. The molecule has 2 aliphatic heterocycles. The fourth-order valence-electron chi connectivity index (χ4n) is 3.51. The van der Waals surface area contributed by atoms with Crippen LogP contribution in [0.25, 0.3) is 0 Å². The molecule has 1 amide bonds. The third-order valence-electron chi connectivity index (χ3n) is 4.84. The molecule has 0 saturated carbocycles. The van der Waals surface area contributed by atoms with Crippen LogP contribution >= 0.6 is 0 Å². The van der Waals surface area contributed by atoms with Gasteiger partial charge >= 0.3 is 0 Å². The largest absolute Gasteiger partial charge is 0.368 e. The summed E-state index contributed by atoms with van der Waals surface area (Å²) in [6.45, 7) is 7.98. The van der Waals surface area contributed by atoms with Crippen molar-refractivity contribution in [2.75, 3.05) is 16.8 Å². The van der Waals surface area contributed by atoms with Crippen molar-refractivity contribution < 1.29 is 4.79 Å². The summed E-state index contributed by atoms with van der Waals surface area (Å²) >= 11 is 0. The summed E-state index contributed by atoms with van der Waals surface area (Å²) in [7, 11) is 0. The number of rotatable bonds is 1. The number of carbonyl (C=O) groups is 1.